The fraction of sp³-hybridized carbons (Fsp3) is 0.346. The molecule has 2 unspecified atom stereocenters. The second kappa shape index (κ2) is 8.18. The number of aromatic amines is 1. The van der Waals surface area contributed by atoms with Crippen molar-refractivity contribution in [1.29, 1.82) is 0 Å². The molecular weight excluding hydrogens is 466 g/mol. The zero-order valence-electron chi connectivity index (χ0n) is 20.7. The highest BCUT2D eigenvalue weighted by atomic mass is 16.5. The molecule has 1 saturated carbocycles. The van der Waals surface area contributed by atoms with E-state index in [0.717, 1.165) is 17.5 Å². The zero-order valence-corrected chi connectivity index (χ0v) is 20.7. The number of ether oxygens (including phenoxy) is 4. The maximum absolute atomic E-state index is 13.5. The Balaban J connectivity index is 1.49. The van der Waals surface area contributed by atoms with Gasteiger partial charge in [0.2, 0.25) is 11.5 Å². The number of hydrogen-bond donors (Lipinski definition) is 2. The van der Waals surface area contributed by atoms with Gasteiger partial charge < -0.3 is 34.6 Å². The van der Waals surface area contributed by atoms with E-state index in [2.05, 4.69) is 4.98 Å². The number of esters is 1. The number of piperidine rings is 1. The second-order valence-corrected chi connectivity index (χ2v) is 9.10. The van der Waals surface area contributed by atoms with E-state index < -0.39 is 17.3 Å². The Kier molecular flexibility index (Phi) is 5.35. The number of amides is 1. The quantitative estimate of drug-likeness (QED) is 0.463. The van der Waals surface area contributed by atoms with Crippen molar-refractivity contribution in [2.75, 3.05) is 35.0 Å². The molecular formula is C26H27N3O7. The van der Waals surface area contributed by atoms with Crippen molar-refractivity contribution in [3.05, 3.63) is 57.7 Å². The Morgan fingerprint density at radius 3 is 2.50 bits per heavy atom. The van der Waals surface area contributed by atoms with Crippen LogP contribution < -0.4 is 19.9 Å². The van der Waals surface area contributed by atoms with Crippen LogP contribution in [0, 0.1) is 12.8 Å². The van der Waals surface area contributed by atoms with Crippen LogP contribution in [0.15, 0.2) is 29.6 Å². The average molecular weight is 494 g/mol. The fourth-order valence-electron chi connectivity index (χ4n) is 5.56. The lowest BCUT2D eigenvalue weighted by molar-refractivity contribution is -0.125. The van der Waals surface area contributed by atoms with Crippen LogP contribution in [-0.2, 0) is 14.9 Å². The molecule has 36 heavy (non-hydrogen) atoms. The van der Waals surface area contributed by atoms with Gasteiger partial charge in [0, 0.05) is 29.3 Å². The highest BCUT2D eigenvalue weighted by Gasteiger charge is 2.67. The molecule has 1 aromatic heterocycles. The summed E-state index contributed by atoms with van der Waals surface area (Å²) in [6, 6.07) is 3.39. The number of carbonyl (C=O) groups excluding carboxylic acids is 3. The molecule has 5 rings (SSSR count). The summed E-state index contributed by atoms with van der Waals surface area (Å²) < 4.78 is 21.1. The number of nitrogens with one attached hydrogen (secondary N) is 1. The summed E-state index contributed by atoms with van der Waals surface area (Å²) in [5.41, 5.74) is 9.12. The first kappa shape index (κ1) is 23.5. The predicted octanol–water partition coefficient (Wildman–Crippen LogP) is 2.32. The molecule has 2 heterocycles. The van der Waals surface area contributed by atoms with Crippen molar-refractivity contribution >= 4 is 23.7 Å². The Hall–Kier alpha value is -4.21. The minimum absolute atomic E-state index is 0.00675. The van der Waals surface area contributed by atoms with Crippen LogP contribution in [0.25, 0.3) is 6.08 Å². The number of allylic oxidation sites excluding steroid dienone is 2. The highest BCUT2D eigenvalue weighted by molar-refractivity contribution is 6.10. The van der Waals surface area contributed by atoms with Crippen LogP contribution in [0.1, 0.15) is 44.1 Å². The van der Waals surface area contributed by atoms with Gasteiger partial charge in [-0.2, -0.15) is 0 Å². The van der Waals surface area contributed by atoms with Crippen LogP contribution in [0.2, 0.25) is 0 Å². The van der Waals surface area contributed by atoms with Crippen LogP contribution >= 0.6 is 0 Å². The van der Waals surface area contributed by atoms with Gasteiger partial charge in [0.15, 0.2) is 11.5 Å². The van der Waals surface area contributed by atoms with Crippen LogP contribution in [0.4, 0.5) is 0 Å². The molecule has 2 aromatic rings. The van der Waals surface area contributed by atoms with Gasteiger partial charge in [-0.05, 0) is 48.6 Å². The van der Waals surface area contributed by atoms with Crippen molar-refractivity contribution in [1.82, 2.24) is 9.88 Å². The van der Waals surface area contributed by atoms with E-state index in [9.17, 15) is 14.4 Å². The Morgan fingerprint density at radius 1 is 1.14 bits per heavy atom. The molecule has 10 heteroatoms. The van der Waals surface area contributed by atoms with Gasteiger partial charge in [0.25, 0.3) is 5.91 Å². The predicted molar refractivity (Wildman–Crippen MR) is 129 cm³/mol. The van der Waals surface area contributed by atoms with Gasteiger partial charge >= 0.3 is 5.97 Å². The maximum atomic E-state index is 13.5. The summed E-state index contributed by atoms with van der Waals surface area (Å²) in [7, 11) is 5.84. The van der Waals surface area contributed by atoms with E-state index >= 15 is 0 Å². The highest BCUT2D eigenvalue weighted by Crippen LogP contribution is 2.66. The lowest BCUT2D eigenvalue weighted by atomic mass is 9.85. The van der Waals surface area contributed by atoms with Gasteiger partial charge in [-0.1, -0.05) is 0 Å². The van der Waals surface area contributed by atoms with E-state index in [4.69, 9.17) is 24.7 Å². The van der Waals surface area contributed by atoms with Crippen molar-refractivity contribution in [3.8, 4) is 17.2 Å². The third-order valence-electron chi connectivity index (χ3n) is 7.40. The number of rotatable bonds is 6. The molecule has 0 radical (unpaired) electrons. The monoisotopic (exact) mass is 493 g/mol. The molecule has 1 amide bonds. The maximum Gasteiger partial charge on any atom is 0.354 e. The van der Waals surface area contributed by atoms with E-state index in [1.165, 1.54) is 34.5 Å². The number of hydrogen-bond acceptors (Lipinski definition) is 8. The molecule has 3 aliphatic rings. The standard InChI is InChI=1S/C26H27N3O7/c1-12-13(7-19(33-2)23(35-4)22(12)34-3)6-16(27)24(31)29-11-14-10-26(14)15-8-17(25(32)36-5)28-21(15)18(30)9-20(26)29/h6-9,14,28H,10-11,27H2,1-5H3/b16-6-. The molecule has 10 nitrogen and oxygen atoms in total. The topological polar surface area (TPSA) is 133 Å². The number of aromatic nitrogens is 1. The van der Waals surface area contributed by atoms with Crippen molar-refractivity contribution in [2.45, 2.75) is 18.8 Å². The van der Waals surface area contributed by atoms with Gasteiger partial charge in [-0.15, -0.1) is 0 Å². The number of ketones is 1. The summed E-state index contributed by atoms with van der Waals surface area (Å²) >= 11 is 0. The number of nitrogens with zero attached hydrogens (tertiary/aromatic N) is 1. The molecule has 2 atom stereocenters. The number of methoxy groups -OCH3 is 4. The third kappa shape index (κ3) is 3.13. The van der Waals surface area contributed by atoms with Crippen LogP contribution in [0.3, 0.4) is 0 Å². The number of likely N-dealkylation sites (tertiary alicyclic amines) is 1. The largest absolute Gasteiger partial charge is 0.493 e. The van der Waals surface area contributed by atoms with Crippen LogP contribution in [-0.4, -0.2) is 62.5 Å². The first-order valence-corrected chi connectivity index (χ1v) is 11.4. The lowest BCUT2D eigenvalue weighted by Gasteiger charge is -2.28. The first-order chi connectivity index (χ1) is 17.2. The number of nitrogens with two attached hydrogens (primary N) is 1. The number of benzene rings is 1. The molecule has 1 saturated heterocycles. The normalized spacial score (nSPS) is 21.8. The first-order valence-electron chi connectivity index (χ1n) is 11.4. The van der Waals surface area contributed by atoms with E-state index in [1.54, 1.807) is 23.1 Å². The summed E-state index contributed by atoms with van der Waals surface area (Å²) in [6.07, 6.45) is 3.83. The van der Waals surface area contributed by atoms with Crippen LogP contribution in [0.5, 0.6) is 17.2 Å². The van der Waals surface area contributed by atoms with Gasteiger partial charge in [0.1, 0.15) is 5.69 Å². The van der Waals surface area contributed by atoms with E-state index in [0.29, 0.717) is 40.7 Å². The summed E-state index contributed by atoms with van der Waals surface area (Å²) in [5, 5.41) is 0. The van der Waals surface area contributed by atoms with Gasteiger partial charge in [0.05, 0.1) is 39.8 Å². The molecule has 1 aromatic carbocycles. The Bertz CT molecular complexity index is 1390. The minimum Gasteiger partial charge on any atom is -0.493 e. The van der Waals surface area contributed by atoms with Gasteiger partial charge in [-0.3, -0.25) is 9.59 Å². The van der Waals surface area contributed by atoms with Crippen molar-refractivity contribution in [3.63, 3.8) is 0 Å². The molecule has 1 spiro atoms. The molecule has 188 valence electrons. The smallest absolute Gasteiger partial charge is 0.354 e. The number of H-pyrrole nitrogens is 1. The lowest BCUT2D eigenvalue weighted by Crippen LogP contribution is -2.36. The zero-order chi connectivity index (χ0) is 25.9. The summed E-state index contributed by atoms with van der Waals surface area (Å²) in [6.45, 7) is 2.26. The van der Waals surface area contributed by atoms with E-state index in [1.807, 2.05) is 6.92 Å². The second-order valence-electron chi connectivity index (χ2n) is 9.10. The minimum atomic E-state index is -0.550. The molecule has 0 bridgehead atoms. The van der Waals surface area contributed by atoms with Gasteiger partial charge in [-0.25, -0.2) is 4.79 Å². The molecule has 2 aliphatic carbocycles. The average Bonchev–Trinajstić information content (AvgIpc) is 3.23. The number of carbonyl (C=O) groups is 3. The summed E-state index contributed by atoms with van der Waals surface area (Å²) in [5.74, 6) is 0.250. The molecule has 3 N–H and O–H groups in total. The molecule has 1 aliphatic heterocycles. The van der Waals surface area contributed by atoms with Crippen molar-refractivity contribution < 1.29 is 33.3 Å². The third-order valence-corrected chi connectivity index (χ3v) is 7.40. The van der Waals surface area contributed by atoms with Crippen molar-refractivity contribution in [2.24, 2.45) is 11.7 Å². The fourth-order valence-corrected chi connectivity index (χ4v) is 5.56. The van der Waals surface area contributed by atoms with E-state index in [-0.39, 0.29) is 23.1 Å². The number of fused-ring (bicyclic) bond motifs is 1. The SMILES string of the molecule is COC(=O)c1cc2c([nH]1)C(=O)C=C1N(C(=O)/C(N)=C/c3cc(OC)c(OC)c(OC)c3C)CC3CC123. The Morgan fingerprint density at radius 2 is 1.86 bits per heavy atom. The Labute approximate surface area is 207 Å². The summed E-state index contributed by atoms with van der Waals surface area (Å²) in [4.78, 5) is 42.9. The molecule has 2 fully saturated rings.